The number of nitrogens with one attached hydrogen (secondary N) is 1. The second-order valence-electron chi connectivity index (χ2n) is 14.3. The average Bonchev–Trinajstić information content (AvgIpc) is 3.37. The number of amides is 1. The van der Waals surface area contributed by atoms with E-state index in [0.717, 1.165) is 28.1 Å². The number of aromatic nitrogens is 1. The second-order valence-corrected chi connectivity index (χ2v) is 14.3. The van der Waals surface area contributed by atoms with E-state index in [1.807, 2.05) is 95.3 Å². The Bertz CT molecular complexity index is 1720. The third-order valence-corrected chi connectivity index (χ3v) is 8.37. The average molecular weight is 655 g/mol. The number of hydrogen-bond donors (Lipinski definition) is 1. The predicted octanol–water partition coefficient (Wildman–Crippen LogP) is 9.54. The third-order valence-electron chi connectivity index (χ3n) is 8.37. The minimum absolute atomic E-state index is 0.0841. The van der Waals surface area contributed by atoms with Gasteiger partial charge in [-0.25, -0.2) is 4.39 Å². The molecular weight excluding hydrogens is 607 g/mol. The minimum Gasteiger partial charge on any atom is -0.460 e. The molecule has 3 aromatic carbocycles. The fourth-order valence-corrected chi connectivity index (χ4v) is 6.62. The first-order valence-corrected chi connectivity index (χ1v) is 16.7. The SMILES string of the molecule is CC(C)c1c(C(=O)Nc2ccccc2)c(-c2ccccc2)c(-c2ccc(F)cc2)n1C(C)[C@H]1C[C@H](CC(=O)OC(C)(C)C)OC(C)(C)O1. The first-order chi connectivity index (χ1) is 22.6. The molecule has 0 radical (unpaired) electrons. The molecule has 0 aliphatic carbocycles. The number of ether oxygens (including phenoxy) is 3. The van der Waals surface area contributed by atoms with E-state index < -0.39 is 23.6 Å². The highest BCUT2D eigenvalue weighted by Crippen LogP contribution is 2.46. The number of rotatable bonds is 9. The van der Waals surface area contributed by atoms with Gasteiger partial charge in [0.1, 0.15) is 11.4 Å². The molecule has 48 heavy (non-hydrogen) atoms. The fraction of sp³-hybridized carbons (Fsp3) is 0.400. The van der Waals surface area contributed by atoms with Crippen molar-refractivity contribution in [3.8, 4) is 22.4 Å². The van der Waals surface area contributed by atoms with Crippen molar-refractivity contribution in [1.82, 2.24) is 4.57 Å². The molecule has 4 aromatic rings. The van der Waals surface area contributed by atoms with Crippen molar-refractivity contribution in [2.75, 3.05) is 5.32 Å². The molecule has 7 nitrogen and oxygen atoms in total. The third kappa shape index (κ3) is 8.05. The summed E-state index contributed by atoms with van der Waals surface area (Å²) < 4.78 is 35.0. The predicted molar refractivity (Wildman–Crippen MR) is 187 cm³/mol. The van der Waals surface area contributed by atoms with E-state index in [1.165, 1.54) is 12.1 Å². The van der Waals surface area contributed by atoms with Crippen LogP contribution in [0.15, 0.2) is 84.9 Å². The molecule has 0 spiro atoms. The molecule has 1 aliphatic rings. The number of anilines is 1. The van der Waals surface area contributed by atoms with Gasteiger partial charge in [-0.3, -0.25) is 9.59 Å². The van der Waals surface area contributed by atoms with Crippen molar-refractivity contribution in [3.63, 3.8) is 0 Å². The Morgan fingerprint density at radius 1 is 0.917 bits per heavy atom. The summed E-state index contributed by atoms with van der Waals surface area (Å²) in [4.78, 5) is 27.4. The van der Waals surface area contributed by atoms with Gasteiger partial charge in [0.05, 0.1) is 35.9 Å². The molecule has 3 atom stereocenters. The van der Waals surface area contributed by atoms with Crippen LogP contribution in [0.25, 0.3) is 22.4 Å². The highest BCUT2D eigenvalue weighted by molar-refractivity contribution is 6.12. The van der Waals surface area contributed by atoms with Crippen molar-refractivity contribution >= 4 is 17.6 Å². The van der Waals surface area contributed by atoms with Crippen LogP contribution in [0.1, 0.15) is 96.2 Å². The monoisotopic (exact) mass is 654 g/mol. The van der Waals surface area contributed by atoms with Crippen LogP contribution < -0.4 is 5.32 Å². The zero-order valence-corrected chi connectivity index (χ0v) is 29.2. The van der Waals surface area contributed by atoms with Gasteiger partial charge >= 0.3 is 5.97 Å². The van der Waals surface area contributed by atoms with Gasteiger partial charge in [0.15, 0.2) is 5.79 Å². The normalized spacial score (nSPS) is 18.4. The van der Waals surface area contributed by atoms with E-state index in [-0.39, 0.29) is 36.1 Å². The number of carbonyl (C=O) groups is 2. The number of benzene rings is 3. The number of hydrogen-bond acceptors (Lipinski definition) is 5. The highest BCUT2D eigenvalue weighted by atomic mass is 19.1. The van der Waals surface area contributed by atoms with Crippen LogP contribution in [0.4, 0.5) is 10.1 Å². The lowest BCUT2D eigenvalue weighted by molar-refractivity contribution is -0.306. The molecule has 2 heterocycles. The van der Waals surface area contributed by atoms with Crippen molar-refractivity contribution in [2.45, 2.75) is 104 Å². The topological polar surface area (TPSA) is 78.8 Å². The fourth-order valence-electron chi connectivity index (χ4n) is 6.62. The number of para-hydroxylation sites is 1. The van der Waals surface area contributed by atoms with E-state index in [0.29, 0.717) is 17.7 Å². The maximum absolute atomic E-state index is 14.5. The zero-order valence-electron chi connectivity index (χ0n) is 29.2. The number of esters is 1. The summed E-state index contributed by atoms with van der Waals surface area (Å²) in [7, 11) is 0. The maximum atomic E-state index is 14.5. The first kappa shape index (κ1) is 35.0. The summed E-state index contributed by atoms with van der Waals surface area (Å²) in [6.45, 7) is 15.4. The molecule has 0 bridgehead atoms. The van der Waals surface area contributed by atoms with E-state index in [2.05, 4.69) is 30.7 Å². The smallest absolute Gasteiger partial charge is 0.308 e. The number of halogens is 1. The van der Waals surface area contributed by atoms with Crippen LogP contribution in [-0.2, 0) is 19.0 Å². The Morgan fingerprint density at radius 3 is 2.10 bits per heavy atom. The van der Waals surface area contributed by atoms with Gasteiger partial charge in [-0.2, -0.15) is 0 Å². The van der Waals surface area contributed by atoms with Crippen LogP contribution in [0.2, 0.25) is 0 Å². The molecule has 1 N–H and O–H groups in total. The summed E-state index contributed by atoms with van der Waals surface area (Å²) in [5.74, 6) is -2.00. The lowest BCUT2D eigenvalue weighted by Gasteiger charge is -2.43. The number of nitrogens with zero attached hydrogens (tertiary/aromatic N) is 1. The summed E-state index contributed by atoms with van der Waals surface area (Å²) in [6.07, 6.45) is -0.341. The van der Waals surface area contributed by atoms with Gasteiger partial charge in [0.2, 0.25) is 0 Å². The lowest BCUT2D eigenvalue weighted by atomic mass is 9.94. The Morgan fingerprint density at radius 2 is 1.52 bits per heavy atom. The zero-order chi connectivity index (χ0) is 34.8. The van der Waals surface area contributed by atoms with E-state index >= 15 is 0 Å². The van der Waals surface area contributed by atoms with Crippen LogP contribution in [0.3, 0.4) is 0 Å². The van der Waals surface area contributed by atoms with Crippen LogP contribution in [-0.4, -0.2) is 40.0 Å². The molecule has 0 saturated carbocycles. The van der Waals surface area contributed by atoms with Gasteiger partial charge in [-0.05, 0) is 95.0 Å². The van der Waals surface area contributed by atoms with Gasteiger partial charge in [0, 0.05) is 23.4 Å². The molecular formula is C40H47FN2O5. The molecule has 1 fully saturated rings. The molecule has 5 rings (SSSR count). The Balaban J connectivity index is 1.71. The lowest BCUT2D eigenvalue weighted by Crippen LogP contribution is -2.48. The van der Waals surface area contributed by atoms with Crippen LogP contribution >= 0.6 is 0 Å². The van der Waals surface area contributed by atoms with E-state index in [9.17, 15) is 14.0 Å². The van der Waals surface area contributed by atoms with Crippen LogP contribution in [0, 0.1) is 5.82 Å². The molecule has 1 unspecified atom stereocenters. The first-order valence-electron chi connectivity index (χ1n) is 16.7. The van der Waals surface area contributed by atoms with Gasteiger partial charge < -0.3 is 24.1 Å². The molecule has 8 heteroatoms. The summed E-state index contributed by atoms with van der Waals surface area (Å²) >= 11 is 0. The molecule has 1 saturated heterocycles. The minimum atomic E-state index is -0.985. The van der Waals surface area contributed by atoms with Gasteiger partial charge in [-0.1, -0.05) is 62.4 Å². The van der Waals surface area contributed by atoms with Crippen LogP contribution in [0.5, 0.6) is 0 Å². The summed E-state index contributed by atoms with van der Waals surface area (Å²) in [5, 5.41) is 3.13. The maximum Gasteiger partial charge on any atom is 0.308 e. The van der Waals surface area contributed by atoms with Gasteiger partial charge in [0.25, 0.3) is 5.91 Å². The summed E-state index contributed by atoms with van der Waals surface area (Å²) in [6, 6.07) is 25.3. The molecule has 1 amide bonds. The largest absolute Gasteiger partial charge is 0.460 e. The molecule has 254 valence electrons. The van der Waals surface area contributed by atoms with Crippen molar-refractivity contribution in [3.05, 3.63) is 102 Å². The summed E-state index contributed by atoms with van der Waals surface area (Å²) in [5.41, 5.74) is 4.60. The van der Waals surface area contributed by atoms with Crippen molar-refractivity contribution in [1.29, 1.82) is 0 Å². The molecule has 1 aromatic heterocycles. The molecule has 1 aliphatic heterocycles. The van der Waals surface area contributed by atoms with Crippen molar-refractivity contribution in [2.24, 2.45) is 0 Å². The second kappa shape index (κ2) is 14.1. The van der Waals surface area contributed by atoms with Gasteiger partial charge in [-0.15, -0.1) is 0 Å². The van der Waals surface area contributed by atoms with Crippen molar-refractivity contribution < 1.29 is 28.2 Å². The Hall–Kier alpha value is -4.27. The number of carbonyl (C=O) groups excluding carboxylic acids is 2. The van der Waals surface area contributed by atoms with E-state index in [4.69, 9.17) is 14.2 Å². The Kier molecular flexibility index (Phi) is 10.3. The quantitative estimate of drug-likeness (QED) is 0.182. The highest BCUT2D eigenvalue weighted by Gasteiger charge is 2.42. The van der Waals surface area contributed by atoms with E-state index in [1.54, 1.807) is 12.1 Å². The standard InChI is InChI=1S/C40H47FN2O5/c1-25(2)36-35(38(45)42-30-17-13-10-14-18-30)34(27-15-11-9-12-16-27)37(28-19-21-29(41)22-20-28)43(36)26(3)32-23-31(46-40(7,8)47-32)24-33(44)48-39(4,5)6/h9-22,25-26,31-32H,23-24H2,1-8H3,(H,42,45)/t26?,31-,32-/m1/s1. The Labute approximate surface area is 283 Å².